The zero-order chi connectivity index (χ0) is 19.8. The third-order valence-electron chi connectivity index (χ3n) is 5.11. The van der Waals surface area contributed by atoms with E-state index in [4.69, 9.17) is 10.00 Å². The van der Waals surface area contributed by atoms with Crippen LogP contribution in [0.2, 0.25) is 0 Å². The molecule has 0 atom stereocenters. The highest BCUT2D eigenvalue weighted by molar-refractivity contribution is 5.94. The average molecular weight is 379 g/mol. The Morgan fingerprint density at radius 1 is 1.18 bits per heavy atom. The standard InChI is InChI=1S/C22H26N4O2/c1-28-21-10-5-9-20(17-21)25-15-13-24(14-16-25)18-22(27)26(12-6-11-23)19-7-3-2-4-8-19/h2-5,7-10,17H,6,12-16,18H2,1H3/p+1. The van der Waals surface area contributed by atoms with Gasteiger partial charge >= 0.3 is 0 Å². The van der Waals surface area contributed by atoms with Crippen molar-refractivity contribution >= 4 is 17.3 Å². The number of nitriles is 1. The van der Waals surface area contributed by atoms with Gasteiger partial charge in [-0.25, -0.2) is 0 Å². The summed E-state index contributed by atoms with van der Waals surface area (Å²) in [5.41, 5.74) is 2.02. The van der Waals surface area contributed by atoms with Crippen LogP contribution in [0.15, 0.2) is 54.6 Å². The number of carbonyl (C=O) groups excluding carboxylic acids is 1. The molecule has 28 heavy (non-hydrogen) atoms. The molecule has 2 aromatic carbocycles. The molecule has 0 unspecified atom stereocenters. The summed E-state index contributed by atoms with van der Waals surface area (Å²) < 4.78 is 5.32. The minimum atomic E-state index is 0.0753. The van der Waals surface area contributed by atoms with E-state index in [-0.39, 0.29) is 5.91 Å². The van der Waals surface area contributed by atoms with Crippen molar-refractivity contribution < 1.29 is 14.4 Å². The largest absolute Gasteiger partial charge is 0.497 e. The average Bonchev–Trinajstić information content (AvgIpc) is 2.75. The van der Waals surface area contributed by atoms with Crippen LogP contribution in [0, 0.1) is 11.3 Å². The first-order valence-electron chi connectivity index (χ1n) is 9.66. The van der Waals surface area contributed by atoms with Gasteiger partial charge in [0.2, 0.25) is 0 Å². The third-order valence-corrected chi connectivity index (χ3v) is 5.11. The van der Waals surface area contributed by atoms with Crippen LogP contribution in [0.5, 0.6) is 5.75 Å². The topological polar surface area (TPSA) is 61.0 Å². The van der Waals surface area contributed by atoms with Crippen molar-refractivity contribution in [2.75, 3.05) is 56.2 Å². The summed E-state index contributed by atoms with van der Waals surface area (Å²) in [6.07, 6.45) is 0.333. The summed E-state index contributed by atoms with van der Waals surface area (Å²) in [6.45, 7) is 4.50. The van der Waals surface area contributed by atoms with Crippen LogP contribution in [-0.2, 0) is 4.79 Å². The van der Waals surface area contributed by atoms with E-state index in [2.05, 4.69) is 23.1 Å². The lowest BCUT2D eigenvalue weighted by molar-refractivity contribution is -0.892. The van der Waals surface area contributed by atoms with Crippen molar-refractivity contribution in [2.24, 2.45) is 0 Å². The first-order valence-corrected chi connectivity index (χ1v) is 9.66. The van der Waals surface area contributed by atoms with Gasteiger partial charge in [0, 0.05) is 24.0 Å². The van der Waals surface area contributed by atoms with Gasteiger partial charge in [0.15, 0.2) is 6.54 Å². The molecule has 1 aliphatic heterocycles. The Kier molecular flexibility index (Phi) is 6.88. The lowest BCUT2D eigenvalue weighted by atomic mass is 10.2. The predicted octanol–water partition coefficient (Wildman–Crippen LogP) is 1.35. The fourth-order valence-electron chi connectivity index (χ4n) is 3.54. The molecule has 0 radical (unpaired) electrons. The molecule has 1 saturated heterocycles. The lowest BCUT2D eigenvalue weighted by Gasteiger charge is -2.34. The molecule has 1 fully saturated rings. The maximum atomic E-state index is 12.9. The van der Waals surface area contributed by atoms with Gasteiger partial charge in [0.05, 0.1) is 45.8 Å². The first-order chi connectivity index (χ1) is 13.7. The van der Waals surface area contributed by atoms with Crippen molar-refractivity contribution in [2.45, 2.75) is 6.42 Å². The maximum absolute atomic E-state index is 12.9. The number of amides is 1. The van der Waals surface area contributed by atoms with Gasteiger partial charge in [0.25, 0.3) is 5.91 Å². The number of piperazine rings is 1. The van der Waals surface area contributed by atoms with E-state index >= 15 is 0 Å². The summed E-state index contributed by atoms with van der Waals surface area (Å²) >= 11 is 0. The van der Waals surface area contributed by atoms with Crippen LogP contribution < -0.4 is 19.4 Å². The molecule has 3 rings (SSSR count). The van der Waals surface area contributed by atoms with Crippen molar-refractivity contribution in [1.29, 1.82) is 5.26 Å². The molecule has 0 aliphatic carbocycles. The van der Waals surface area contributed by atoms with E-state index in [9.17, 15) is 4.79 Å². The predicted molar refractivity (Wildman–Crippen MR) is 110 cm³/mol. The monoisotopic (exact) mass is 379 g/mol. The normalized spacial score (nSPS) is 14.4. The number of benzene rings is 2. The molecule has 2 aromatic rings. The zero-order valence-corrected chi connectivity index (χ0v) is 16.3. The van der Waals surface area contributed by atoms with Gasteiger partial charge in [-0.3, -0.25) is 4.79 Å². The Morgan fingerprint density at radius 2 is 1.93 bits per heavy atom. The number of nitrogens with one attached hydrogen (secondary N) is 1. The van der Waals surface area contributed by atoms with E-state index < -0.39 is 0 Å². The third kappa shape index (κ3) is 5.02. The zero-order valence-electron chi connectivity index (χ0n) is 16.3. The van der Waals surface area contributed by atoms with E-state index in [1.54, 1.807) is 12.0 Å². The molecule has 0 bridgehead atoms. The Hall–Kier alpha value is -3.04. The van der Waals surface area contributed by atoms with Crippen LogP contribution in [0.1, 0.15) is 6.42 Å². The minimum Gasteiger partial charge on any atom is -0.497 e. The van der Waals surface area contributed by atoms with Crippen molar-refractivity contribution in [3.05, 3.63) is 54.6 Å². The summed E-state index contributed by atoms with van der Waals surface area (Å²) in [4.78, 5) is 18.3. The second kappa shape index (κ2) is 9.77. The highest BCUT2D eigenvalue weighted by atomic mass is 16.5. The second-order valence-electron chi connectivity index (χ2n) is 6.90. The number of quaternary nitrogens is 1. The van der Waals surface area contributed by atoms with Gasteiger partial charge in [0.1, 0.15) is 5.75 Å². The Bertz CT molecular complexity index is 811. The van der Waals surface area contributed by atoms with Gasteiger partial charge in [-0.15, -0.1) is 0 Å². The molecular weight excluding hydrogens is 352 g/mol. The SMILES string of the molecule is COc1cccc(N2CC[NH+](CC(=O)N(CCC#N)c3ccccc3)CC2)c1. The molecule has 1 aliphatic rings. The molecule has 0 saturated carbocycles. The quantitative estimate of drug-likeness (QED) is 0.789. The number of rotatable bonds is 7. The Labute approximate surface area is 166 Å². The molecule has 6 heteroatoms. The van der Waals surface area contributed by atoms with Crippen LogP contribution >= 0.6 is 0 Å². The van der Waals surface area contributed by atoms with Crippen molar-refractivity contribution in [3.63, 3.8) is 0 Å². The maximum Gasteiger partial charge on any atom is 0.282 e. The minimum absolute atomic E-state index is 0.0753. The number of para-hydroxylation sites is 1. The van der Waals surface area contributed by atoms with Crippen LogP contribution in [-0.4, -0.2) is 52.3 Å². The molecule has 1 heterocycles. The highest BCUT2D eigenvalue weighted by Crippen LogP contribution is 2.20. The molecule has 146 valence electrons. The van der Waals surface area contributed by atoms with Gasteiger partial charge < -0.3 is 19.4 Å². The van der Waals surface area contributed by atoms with E-state index in [1.807, 2.05) is 42.5 Å². The molecule has 0 spiro atoms. The van der Waals surface area contributed by atoms with E-state index in [1.165, 1.54) is 4.90 Å². The molecule has 1 N–H and O–H groups in total. The van der Waals surface area contributed by atoms with E-state index in [0.29, 0.717) is 19.5 Å². The Balaban J connectivity index is 1.58. The summed E-state index contributed by atoms with van der Waals surface area (Å²) in [7, 11) is 1.68. The number of hydrogen-bond acceptors (Lipinski definition) is 4. The Morgan fingerprint density at radius 3 is 2.61 bits per heavy atom. The van der Waals surface area contributed by atoms with Crippen molar-refractivity contribution in [3.8, 4) is 11.8 Å². The number of hydrogen-bond donors (Lipinski definition) is 1. The van der Waals surface area contributed by atoms with Gasteiger partial charge in [-0.2, -0.15) is 5.26 Å². The highest BCUT2D eigenvalue weighted by Gasteiger charge is 2.25. The number of carbonyl (C=O) groups is 1. The van der Waals surface area contributed by atoms with E-state index in [0.717, 1.165) is 43.3 Å². The second-order valence-corrected chi connectivity index (χ2v) is 6.90. The van der Waals surface area contributed by atoms with Crippen LogP contribution in [0.3, 0.4) is 0 Å². The first kappa shape index (κ1) is 19.7. The van der Waals surface area contributed by atoms with Crippen molar-refractivity contribution in [1.82, 2.24) is 0 Å². The lowest BCUT2D eigenvalue weighted by Crippen LogP contribution is -3.16. The number of nitrogens with zero attached hydrogens (tertiary/aromatic N) is 3. The summed E-state index contributed by atoms with van der Waals surface area (Å²) in [5, 5.41) is 8.93. The van der Waals surface area contributed by atoms with Crippen LogP contribution in [0.25, 0.3) is 0 Å². The van der Waals surface area contributed by atoms with Crippen LogP contribution in [0.4, 0.5) is 11.4 Å². The number of ether oxygens (including phenoxy) is 1. The van der Waals surface area contributed by atoms with Gasteiger partial charge in [-0.1, -0.05) is 24.3 Å². The summed E-state index contributed by atoms with van der Waals surface area (Å²) in [5.74, 6) is 0.935. The smallest absolute Gasteiger partial charge is 0.282 e. The number of methoxy groups -OCH3 is 1. The molecule has 1 amide bonds. The number of anilines is 2. The van der Waals surface area contributed by atoms with Gasteiger partial charge in [-0.05, 0) is 24.3 Å². The molecule has 6 nitrogen and oxygen atoms in total. The fraction of sp³-hybridized carbons (Fsp3) is 0.364. The molecule has 0 aromatic heterocycles. The summed E-state index contributed by atoms with van der Waals surface area (Å²) in [6, 6.07) is 19.8. The fourth-order valence-corrected chi connectivity index (χ4v) is 3.54. The molecular formula is C22H27N4O2+.